The lowest BCUT2D eigenvalue weighted by Crippen LogP contribution is -2.59. The molecule has 1 fully saturated rings. The summed E-state index contributed by atoms with van der Waals surface area (Å²) in [7, 11) is 1.42. The molecule has 0 saturated carbocycles. The Morgan fingerprint density at radius 2 is 1.84 bits per heavy atom. The van der Waals surface area contributed by atoms with Gasteiger partial charge in [0.05, 0.1) is 13.2 Å². The molecule has 1 aliphatic heterocycles. The lowest BCUT2D eigenvalue weighted by molar-refractivity contribution is -0.288. The SMILES string of the molecule is COCCOC(=O)O[C@@H]1O[C@H](CO)[C@@H](O)[C@H](O)[C@H]1O. The van der Waals surface area contributed by atoms with Gasteiger partial charge >= 0.3 is 6.16 Å². The second kappa shape index (κ2) is 7.58. The highest BCUT2D eigenvalue weighted by Crippen LogP contribution is 2.22. The number of methoxy groups -OCH3 is 1. The van der Waals surface area contributed by atoms with Crippen LogP contribution >= 0.6 is 0 Å². The fourth-order valence-corrected chi connectivity index (χ4v) is 1.50. The molecule has 1 rings (SSSR count). The van der Waals surface area contributed by atoms with Crippen molar-refractivity contribution >= 4 is 6.16 Å². The zero-order valence-electron chi connectivity index (χ0n) is 10.3. The summed E-state index contributed by atoms with van der Waals surface area (Å²) in [6.07, 6.45) is -8.57. The van der Waals surface area contributed by atoms with Crippen molar-refractivity contribution in [2.75, 3.05) is 26.9 Å². The second-order valence-electron chi connectivity index (χ2n) is 3.91. The Hall–Kier alpha value is -0.970. The minimum absolute atomic E-state index is 0.0489. The quantitative estimate of drug-likeness (QED) is 0.321. The van der Waals surface area contributed by atoms with Crippen molar-refractivity contribution in [3.8, 4) is 0 Å². The van der Waals surface area contributed by atoms with Crippen LogP contribution in [-0.4, -0.2) is 84.2 Å². The molecule has 0 amide bonds. The first kappa shape index (κ1) is 16.1. The van der Waals surface area contributed by atoms with Crippen LogP contribution in [0.3, 0.4) is 0 Å². The highest BCUT2D eigenvalue weighted by atomic mass is 16.8. The van der Waals surface area contributed by atoms with Gasteiger partial charge in [0.1, 0.15) is 31.0 Å². The first-order valence-electron chi connectivity index (χ1n) is 5.64. The molecule has 1 saturated heterocycles. The zero-order chi connectivity index (χ0) is 14.4. The van der Waals surface area contributed by atoms with Crippen LogP contribution < -0.4 is 0 Å². The summed E-state index contributed by atoms with van der Waals surface area (Å²) >= 11 is 0. The predicted molar refractivity (Wildman–Crippen MR) is 58.1 cm³/mol. The molecule has 1 aliphatic rings. The fourth-order valence-electron chi connectivity index (χ4n) is 1.50. The van der Waals surface area contributed by atoms with Gasteiger partial charge in [0.25, 0.3) is 0 Å². The average molecular weight is 282 g/mol. The topological polar surface area (TPSA) is 135 Å². The van der Waals surface area contributed by atoms with Gasteiger partial charge in [-0.1, -0.05) is 0 Å². The van der Waals surface area contributed by atoms with Gasteiger partial charge in [-0.05, 0) is 0 Å². The minimum Gasteiger partial charge on any atom is -0.432 e. The highest BCUT2D eigenvalue weighted by Gasteiger charge is 2.45. The van der Waals surface area contributed by atoms with Crippen LogP contribution in [0.25, 0.3) is 0 Å². The Morgan fingerprint density at radius 1 is 1.16 bits per heavy atom. The van der Waals surface area contributed by atoms with E-state index in [1.54, 1.807) is 0 Å². The molecule has 0 bridgehead atoms. The van der Waals surface area contributed by atoms with Gasteiger partial charge in [-0.2, -0.15) is 0 Å². The van der Waals surface area contributed by atoms with Crippen LogP contribution in [0.15, 0.2) is 0 Å². The maximum absolute atomic E-state index is 11.2. The number of carbonyl (C=O) groups is 1. The third kappa shape index (κ3) is 4.27. The monoisotopic (exact) mass is 282 g/mol. The fraction of sp³-hybridized carbons (Fsp3) is 0.900. The smallest absolute Gasteiger partial charge is 0.432 e. The van der Waals surface area contributed by atoms with E-state index in [9.17, 15) is 20.1 Å². The van der Waals surface area contributed by atoms with Gasteiger partial charge < -0.3 is 39.4 Å². The van der Waals surface area contributed by atoms with E-state index in [1.165, 1.54) is 7.11 Å². The van der Waals surface area contributed by atoms with Crippen molar-refractivity contribution in [1.29, 1.82) is 0 Å². The Balaban J connectivity index is 2.49. The molecule has 0 radical (unpaired) electrons. The van der Waals surface area contributed by atoms with Gasteiger partial charge in [-0.25, -0.2) is 4.79 Å². The van der Waals surface area contributed by atoms with Crippen LogP contribution in [-0.2, 0) is 18.9 Å². The van der Waals surface area contributed by atoms with Crippen LogP contribution in [0.2, 0.25) is 0 Å². The average Bonchev–Trinajstić information content (AvgIpc) is 2.39. The molecule has 9 nitrogen and oxygen atoms in total. The molecule has 4 N–H and O–H groups in total. The Bertz CT molecular complexity index is 282. The van der Waals surface area contributed by atoms with Crippen molar-refractivity contribution in [3.63, 3.8) is 0 Å². The summed E-state index contributed by atoms with van der Waals surface area (Å²) in [5.74, 6) is 0. The van der Waals surface area contributed by atoms with Crippen LogP contribution in [0.5, 0.6) is 0 Å². The van der Waals surface area contributed by atoms with Gasteiger partial charge in [-0.3, -0.25) is 0 Å². The third-order valence-corrected chi connectivity index (χ3v) is 2.57. The molecule has 0 aliphatic carbocycles. The van der Waals surface area contributed by atoms with E-state index in [2.05, 4.69) is 14.2 Å². The number of ether oxygens (including phenoxy) is 4. The summed E-state index contributed by atoms with van der Waals surface area (Å²) < 4.78 is 18.8. The number of aliphatic hydroxyl groups is 4. The standard InChI is InChI=1S/C10H18O9/c1-16-2-3-17-10(15)19-9-8(14)7(13)6(12)5(4-11)18-9/h5-9,11-14H,2-4H2,1H3/t5-,6-,7+,8-,9+/m1/s1. The van der Waals surface area contributed by atoms with Gasteiger partial charge in [0, 0.05) is 7.11 Å². The molecule has 112 valence electrons. The Labute approximate surface area is 109 Å². The van der Waals surface area contributed by atoms with Crippen molar-refractivity contribution < 1.29 is 44.2 Å². The van der Waals surface area contributed by atoms with E-state index in [4.69, 9.17) is 9.84 Å². The highest BCUT2D eigenvalue weighted by molar-refractivity contribution is 5.60. The van der Waals surface area contributed by atoms with Crippen molar-refractivity contribution in [2.45, 2.75) is 30.7 Å². The molecular weight excluding hydrogens is 264 g/mol. The number of hydrogen-bond acceptors (Lipinski definition) is 9. The molecular formula is C10H18O9. The van der Waals surface area contributed by atoms with Gasteiger partial charge in [0.2, 0.25) is 6.29 Å². The predicted octanol–water partition coefficient (Wildman–Crippen LogP) is -2.41. The van der Waals surface area contributed by atoms with Crippen molar-refractivity contribution in [3.05, 3.63) is 0 Å². The van der Waals surface area contributed by atoms with E-state index in [0.717, 1.165) is 0 Å². The maximum Gasteiger partial charge on any atom is 0.510 e. The van der Waals surface area contributed by atoms with Crippen LogP contribution in [0.1, 0.15) is 0 Å². The molecule has 1 heterocycles. The number of carbonyl (C=O) groups excluding carboxylic acids is 1. The van der Waals surface area contributed by atoms with Gasteiger partial charge in [-0.15, -0.1) is 0 Å². The molecule has 0 spiro atoms. The lowest BCUT2D eigenvalue weighted by atomic mass is 9.99. The molecule has 0 aromatic heterocycles. The Kier molecular flexibility index (Phi) is 6.42. The molecule has 5 atom stereocenters. The lowest BCUT2D eigenvalue weighted by Gasteiger charge is -2.38. The largest absolute Gasteiger partial charge is 0.510 e. The van der Waals surface area contributed by atoms with E-state index < -0.39 is 43.5 Å². The van der Waals surface area contributed by atoms with E-state index in [1.807, 2.05) is 0 Å². The van der Waals surface area contributed by atoms with E-state index in [0.29, 0.717) is 0 Å². The number of aliphatic hydroxyl groups excluding tert-OH is 4. The van der Waals surface area contributed by atoms with Crippen LogP contribution in [0.4, 0.5) is 4.79 Å². The number of hydrogen-bond donors (Lipinski definition) is 4. The summed E-state index contributed by atoms with van der Waals surface area (Å²) in [4.78, 5) is 11.2. The molecule has 0 aromatic rings. The van der Waals surface area contributed by atoms with Crippen LogP contribution in [0, 0.1) is 0 Å². The summed E-state index contributed by atoms with van der Waals surface area (Å²) in [5.41, 5.74) is 0. The molecule has 0 aromatic carbocycles. The van der Waals surface area contributed by atoms with Crippen molar-refractivity contribution in [2.24, 2.45) is 0 Å². The zero-order valence-corrected chi connectivity index (χ0v) is 10.3. The van der Waals surface area contributed by atoms with E-state index in [-0.39, 0.29) is 13.2 Å². The first-order chi connectivity index (χ1) is 9.01. The molecule has 9 heteroatoms. The van der Waals surface area contributed by atoms with Gasteiger partial charge in [0.15, 0.2) is 0 Å². The second-order valence-corrected chi connectivity index (χ2v) is 3.91. The normalized spacial score (nSPS) is 34.9. The third-order valence-electron chi connectivity index (χ3n) is 2.57. The Morgan fingerprint density at radius 3 is 2.42 bits per heavy atom. The summed E-state index contributed by atoms with van der Waals surface area (Å²) in [5, 5.41) is 37.4. The summed E-state index contributed by atoms with van der Waals surface area (Å²) in [6.45, 7) is -0.486. The van der Waals surface area contributed by atoms with E-state index >= 15 is 0 Å². The summed E-state index contributed by atoms with van der Waals surface area (Å²) in [6, 6.07) is 0. The minimum atomic E-state index is -1.65. The molecule has 0 unspecified atom stereocenters. The molecule has 19 heavy (non-hydrogen) atoms. The van der Waals surface area contributed by atoms with Crippen molar-refractivity contribution in [1.82, 2.24) is 0 Å². The first-order valence-corrected chi connectivity index (χ1v) is 5.64. The maximum atomic E-state index is 11.2. The number of rotatable bonds is 5.